The van der Waals surface area contributed by atoms with Crippen molar-refractivity contribution in [3.8, 4) is 16.9 Å². The summed E-state index contributed by atoms with van der Waals surface area (Å²) in [7, 11) is 0. The molecule has 1 nitrogen and oxygen atoms in total. The summed E-state index contributed by atoms with van der Waals surface area (Å²) in [6.07, 6.45) is 0.693. The van der Waals surface area contributed by atoms with Crippen LogP contribution in [0.15, 0.2) is 72.8 Å². The highest BCUT2D eigenvalue weighted by Crippen LogP contribution is 2.32. The molecule has 0 unspecified atom stereocenters. The molecule has 0 radical (unpaired) electrons. The maximum atomic E-state index is 15.2. The van der Waals surface area contributed by atoms with Crippen LogP contribution in [0, 0.1) is 11.6 Å². The van der Waals surface area contributed by atoms with E-state index >= 15 is 4.39 Å². The number of hydrogen-bond donors (Lipinski definition) is 0. The number of alkyl halides is 3. The molecule has 0 bridgehead atoms. The quantitative estimate of drug-likeness (QED) is 0.152. The molecule has 0 aliphatic carbocycles. The molecule has 0 saturated heterocycles. The van der Waals surface area contributed by atoms with Crippen LogP contribution in [-0.4, -0.2) is 6.61 Å². The van der Waals surface area contributed by atoms with E-state index in [1.165, 1.54) is 18.2 Å². The third-order valence-electron chi connectivity index (χ3n) is 6.52. The minimum Gasteiger partial charge on any atom is -0.493 e. The first-order valence-corrected chi connectivity index (χ1v) is 12.6. The van der Waals surface area contributed by atoms with Crippen molar-refractivity contribution < 1.29 is 26.7 Å². The predicted octanol–water partition coefficient (Wildman–Crippen LogP) is 9.55. The number of unbranched alkanes of at least 4 members (excludes halogenated alkanes) is 3. The number of fused-ring (bicyclic) bond motifs is 1. The van der Waals surface area contributed by atoms with Crippen molar-refractivity contribution in [3.05, 3.63) is 101 Å². The second kappa shape index (κ2) is 11.8. The van der Waals surface area contributed by atoms with Gasteiger partial charge in [0.15, 0.2) is 0 Å². The second-order valence-electron chi connectivity index (χ2n) is 9.22. The van der Waals surface area contributed by atoms with E-state index in [0.29, 0.717) is 58.2 Å². The summed E-state index contributed by atoms with van der Waals surface area (Å²) in [6, 6.07) is 18.3. The van der Waals surface area contributed by atoms with Crippen LogP contribution in [0.4, 0.5) is 22.0 Å². The van der Waals surface area contributed by atoms with Gasteiger partial charge >= 0.3 is 6.18 Å². The van der Waals surface area contributed by atoms with Crippen LogP contribution >= 0.6 is 0 Å². The maximum Gasteiger partial charge on any atom is 0.416 e. The maximum absolute atomic E-state index is 15.2. The molecule has 0 atom stereocenters. The minimum atomic E-state index is -4.38. The van der Waals surface area contributed by atoms with Crippen LogP contribution in [0.2, 0.25) is 0 Å². The summed E-state index contributed by atoms with van der Waals surface area (Å²) in [4.78, 5) is 0. The van der Waals surface area contributed by atoms with Crippen molar-refractivity contribution in [2.45, 2.75) is 51.6 Å². The minimum absolute atomic E-state index is 0.351. The van der Waals surface area contributed by atoms with Crippen molar-refractivity contribution in [2.24, 2.45) is 0 Å². The summed E-state index contributed by atoms with van der Waals surface area (Å²) in [5.74, 6) is -0.287. The smallest absolute Gasteiger partial charge is 0.416 e. The molecule has 4 aromatic carbocycles. The van der Waals surface area contributed by atoms with Gasteiger partial charge in [0, 0.05) is 17.0 Å². The first-order chi connectivity index (χ1) is 17.8. The van der Waals surface area contributed by atoms with E-state index in [9.17, 15) is 17.6 Å². The van der Waals surface area contributed by atoms with Gasteiger partial charge in [-0.3, -0.25) is 0 Å². The van der Waals surface area contributed by atoms with Gasteiger partial charge in [-0.05, 0) is 71.7 Å². The molecule has 4 rings (SSSR count). The van der Waals surface area contributed by atoms with Crippen molar-refractivity contribution in [1.82, 2.24) is 0 Å². The fourth-order valence-electron chi connectivity index (χ4n) is 4.38. The Hall–Kier alpha value is -3.41. The van der Waals surface area contributed by atoms with Crippen LogP contribution in [0.3, 0.4) is 0 Å². The molecule has 0 amide bonds. The van der Waals surface area contributed by atoms with Crippen molar-refractivity contribution in [2.75, 3.05) is 6.61 Å². The normalized spacial score (nSPS) is 11.7. The largest absolute Gasteiger partial charge is 0.493 e. The Bertz CT molecular complexity index is 1340. The van der Waals surface area contributed by atoms with Gasteiger partial charge in [-0.15, -0.1) is 0 Å². The fourth-order valence-corrected chi connectivity index (χ4v) is 4.38. The highest BCUT2D eigenvalue weighted by Gasteiger charge is 2.29. The van der Waals surface area contributed by atoms with Gasteiger partial charge in [0.2, 0.25) is 0 Å². The molecule has 37 heavy (non-hydrogen) atoms. The molecule has 0 aliphatic rings. The molecule has 0 aliphatic heterocycles. The van der Waals surface area contributed by atoms with Crippen LogP contribution in [-0.2, 0) is 19.0 Å². The standard InChI is InChI=1S/C31H29F5O/c1-2-3-4-5-18-37-26-15-17-27(29(32)20-26)23-12-16-28-24(19-23)11-10-22(30(28)33)9-6-21-7-13-25(14-8-21)31(34,35)36/h7-8,10-17,19-20H,2-6,9,18H2,1H3. The summed E-state index contributed by atoms with van der Waals surface area (Å²) in [5.41, 5.74) is 1.52. The molecule has 4 aromatic rings. The van der Waals surface area contributed by atoms with Crippen LogP contribution in [0.5, 0.6) is 5.75 Å². The van der Waals surface area contributed by atoms with E-state index in [2.05, 4.69) is 6.92 Å². The monoisotopic (exact) mass is 512 g/mol. The summed E-state index contributed by atoms with van der Waals surface area (Å²) < 4.78 is 74.0. The average Bonchev–Trinajstić information content (AvgIpc) is 2.88. The third kappa shape index (κ3) is 6.68. The average molecular weight is 513 g/mol. The zero-order chi connectivity index (χ0) is 26.4. The van der Waals surface area contributed by atoms with E-state index in [1.54, 1.807) is 42.5 Å². The molecular weight excluding hydrogens is 483 g/mol. The van der Waals surface area contributed by atoms with Crippen LogP contribution < -0.4 is 4.74 Å². The molecule has 0 N–H and O–H groups in total. The zero-order valence-corrected chi connectivity index (χ0v) is 20.7. The Kier molecular flexibility index (Phi) is 8.47. The van der Waals surface area contributed by atoms with Crippen LogP contribution in [0.1, 0.15) is 49.3 Å². The van der Waals surface area contributed by atoms with Gasteiger partial charge in [0.1, 0.15) is 17.4 Å². The number of ether oxygens (including phenoxy) is 1. The molecule has 194 valence electrons. The lowest BCUT2D eigenvalue weighted by Crippen LogP contribution is -2.04. The molecule has 6 heteroatoms. The lowest BCUT2D eigenvalue weighted by Gasteiger charge is -2.11. The Morgan fingerprint density at radius 1 is 0.757 bits per heavy atom. The number of rotatable bonds is 10. The molecule has 0 aromatic heterocycles. The lowest BCUT2D eigenvalue weighted by atomic mass is 9.97. The Morgan fingerprint density at radius 2 is 1.54 bits per heavy atom. The first-order valence-electron chi connectivity index (χ1n) is 12.6. The third-order valence-corrected chi connectivity index (χ3v) is 6.52. The molecule has 0 heterocycles. The van der Waals surface area contributed by atoms with E-state index in [1.807, 2.05) is 0 Å². The number of halogens is 5. The Labute approximate surface area is 213 Å². The van der Waals surface area contributed by atoms with Crippen molar-refractivity contribution >= 4 is 10.8 Å². The van der Waals surface area contributed by atoms with Crippen molar-refractivity contribution in [3.63, 3.8) is 0 Å². The first kappa shape index (κ1) is 26.6. The van der Waals surface area contributed by atoms with Gasteiger partial charge in [0.25, 0.3) is 0 Å². The molecule has 0 saturated carbocycles. The molecular formula is C31H29F5O. The van der Waals surface area contributed by atoms with E-state index in [4.69, 9.17) is 4.74 Å². The van der Waals surface area contributed by atoms with Crippen molar-refractivity contribution in [1.29, 1.82) is 0 Å². The number of aryl methyl sites for hydroxylation is 2. The summed E-state index contributed by atoms with van der Waals surface area (Å²) >= 11 is 0. The highest BCUT2D eigenvalue weighted by atomic mass is 19.4. The van der Waals surface area contributed by atoms with Gasteiger partial charge in [-0.25, -0.2) is 8.78 Å². The lowest BCUT2D eigenvalue weighted by molar-refractivity contribution is -0.137. The fraction of sp³-hybridized carbons (Fsp3) is 0.290. The summed E-state index contributed by atoms with van der Waals surface area (Å²) in [5, 5.41) is 1.06. The summed E-state index contributed by atoms with van der Waals surface area (Å²) in [6.45, 7) is 2.69. The van der Waals surface area contributed by atoms with Gasteiger partial charge in [0.05, 0.1) is 12.2 Å². The topological polar surface area (TPSA) is 9.23 Å². The molecule has 0 fully saturated rings. The SMILES string of the molecule is CCCCCCOc1ccc(-c2ccc3c(F)c(CCc4ccc(C(F)(F)F)cc4)ccc3c2)c(F)c1. The Morgan fingerprint density at radius 3 is 2.24 bits per heavy atom. The number of hydrogen-bond acceptors (Lipinski definition) is 1. The van der Waals surface area contributed by atoms with Crippen LogP contribution in [0.25, 0.3) is 21.9 Å². The van der Waals surface area contributed by atoms with E-state index in [0.717, 1.165) is 37.8 Å². The van der Waals surface area contributed by atoms with E-state index in [-0.39, 0.29) is 5.82 Å². The second-order valence-corrected chi connectivity index (χ2v) is 9.22. The predicted molar refractivity (Wildman–Crippen MR) is 138 cm³/mol. The van der Waals surface area contributed by atoms with Gasteiger partial charge in [-0.1, -0.05) is 62.6 Å². The number of benzene rings is 4. The van der Waals surface area contributed by atoms with Gasteiger partial charge in [-0.2, -0.15) is 13.2 Å². The van der Waals surface area contributed by atoms with E-state index < -0.39 is 17.6 Å². The van der Waals surface area contributed by atoms with Gasteiger partial charge < -0.3 is 4.74 Å². The highest BCUT2D eigenvalue weighted by molar-refractivity contribution is 5.88. The Balaban J connectivity index is 1.45. The zero-order valence-electron chi connectivity index (χ0n) is 20.7. The molecule has 0 spiro atoms.